The molecule has 3 rings (SSSR count). The highest BCUT2D eigenvalue weighted by Crippen LogP contribution is 2.22. The molecule has 0 saturated carbocycles. The lowest BCUT2D eigenvalue weighted by molar-refractivity contribution is -0.115. The zero-order chi connectivity index (χ0) is 23.8. The molecule has 0 radical (unpaired) electrons. The van der Waals surface area contributed by atoms with Crippen molar-refractivity contribution in [2.75, 3.05) is 10.6 Å². The van der Waals surface area contributed by atoms with E-state index in [2.05, 4.69) is 36.7 Å². The summed E-state index contributed by atoms with van der Waals surface area (Å²) in [4.78, 5) is 24.6. The van der Waals surface area contributed by atoms with Crippen LogP contribution in [-0.4, -0.2) is 16.9 Å². The average Bonchev–Trinajstić information content (AvgIpc) is 2.79. The summed E-state index contributed by atoms with van der Waals surface area (Å²) in [5.41, 5.74) is 4.09. The molecule has 0 saturated heterocycles. The molecule has 33 heavy (non-hydrogen) atoms. The van der Waals surface area contributed by atoms with Gasteiger partial charge in [-0.25, -0.2) is 0 Å². The maximum absolute atomic E-state index is 12.5. The summed E-state index contributed by atoms with van der Waals surface area (Å²) in [6, 6.07) is 24.2. The van der Waals surface area contributed by atoms with Crippen LogP contribution >= 0.6 is 12.2 Å². The summed E-state index contributed by atoms with van der Waals surface area (Å²) >= 11 is 5.20. The first-order valence-corrected chi connectivity index (χ1v) is 11.0. The molecule has 0 atom stereocenters. The number of hydrogen-bond donors (Lipinski definition) is 3. The fourth-order valence-electron chi connectivity index (χ4n) is 3.01. The molecule has 0 aromatic heterocycles. The van der Waals surface area contributed by atoms with E-state index in [1.54, 1.807) is 30.3 Å². The summed E-state index contributed by atoms with van der Waals surface area (Å²) in [5, 5.41) is 8.63. The minimum atomic E-state index is -0.322. The fourth-order valence-corrected chi connectivity index (χ4v) is 3.23. The number of anilines is 2. The highest BCUT2D eigenvalue weighted by Gasteiger charge is 2.14. The summed E-state index contributed by atoms with van der Waals surface area (Å²) in [6.45, 7) is 6.41. The van der Waals surface area contributed by atoms with Crippen LogP contribution in [0.3, 0.4) is 0 Å². The minimum absolute atomic E-state index is 0.0378. The van der Waals surface area contributed by atoms with Gasteiger partial charge < -0.3 is 10.6 Å². The maximum atomic E-state index is 12.5. The van der Waals surface area contributed by atoms with Gasteiger partial charge in [-0.15, -0.1) is 0 Å². The van der Waals surface area contributed by atoms with E-state index < -0.39 is 0 Å². The Morgan fingerprint density at radius 1 is 0.788 bits per heavy atom. The highest BCUT2D eigenvalue weighted by molar-refractivity contribution is 7.80. The normalized spacial score (nSPS) is 11.1. The third-order valence-corrected chi connectivity index (χ3v) is 5.08. The van der Waals surface area contributed by atoms with Crippen LogP contribution in [0, 0.1) is 0 Å². The van der Waals surface area contributed by atoms with Crippen molar-refractivity contribution in [2.45, 2.75) is 26.2 Å². The number of hydrogen-bond acceptors (Lipinski definition) is 3. The molecule has 0 heterocycles. The van der Waals surface area contributed by atoms with Crippen LogP contribution in [0.4, 0.5) is 11.4 Å². The molecule has 0 aliphatic rings. The van der Waals surface area contributed by atoms with Crippen molar-refractivity contribution in [1.82, 2.24) is 5.32 Å². The van der Waals surface area contributed by atoms with Crippen molar-refractivity contribution < 1.29 is 9.59 Å². The maximum Gasteiger partial charge on any atom is 0.255 e. The Bertz CT molecular complexity index is 1150. The summed E-state index contributed by atoms with van der Waals surface area (Å²) in [7, 11) is 0. The van der Waals surface area contributed by atoms with Gasteiger partial charge in [-0.3, -0.25) is 14.9 Å². The summed E-state index contributed by atoms with van der Waals surface area (Å²) in [5.74, 6) is -0.498. The van der Waals surface area contributed by atoms with Gasteiger partial charge >= 0.3 is 0 Å². The third-order valence-electron chi connectivity index (χ3n) is 4.88. The van der Waals surface area contributed by atoms with Crippen molar-refractivity contribution in [1.29, 1.82) is 0 Å². The Labute approximate surface area is 199 Å². The Hall–Kier alpha value is -3.77. The van der Waals surface area contributed by atoms with Gasteiger partial charge in [-0.05, 0) is 71.2 Å². The van der Waals surface area contributed by atoms with E-state index in [1.807, 2.05) is 54.6 Å². The molecule has 2 amide bonds. The molecule has 5 nitrogen and oxygen atoms in total. The van der Waals surface area contributed by atoms with E-state index in [-0.39, 0.29) is 22.3 Å². The number of carbonyl (C=O) groups is 2. The molecule has 6 heteroatoms. The van der Waals surface area contributed by atoms with Gasteiger partial charge in [0.15, 0.2) is 5.11 Å². The van der Waals surface area contributed by atoms with Gasteiger partial charge in [-0.1, -0.05) is 63.2 Å². The van der Waals surface area contributed by atoms with Crippen molar-refractivity contribution in [3.8, 4) is 0 Å². The number of rotatable bonds is 5. The van der Waals surface area contributed by atoms with E-state index in [0.717, 1.165) is 5.56 Å². The standard InChI is InChI=1S/C27H27N3O2S/c1-27(2,3)21-12-10-20(11-13-21)25(32)28-22-14-16-23(17-15-22)29-26(33)30-24(31)18-9-19-7-5-4-6-8-19/h4-18H,1-3H3,(H,28,32)(H2,29,30,31,33)/b18-9+. The molecule has 3 N–H and O–H groups in total. The monoisotopic (exact) mass is 457 g/mol. The van der Waals surface area contributed by atoms with Crippen LogP contribution in [0.1, 0.15) is 42.3 Å². The summed E-state index contributed by atoms with van der Waals surface area (Å²) in [6.07, 6.45) is 3.14. The minimum Gasteiger partial charge on any atom is -0.332 e. The molecule has 0 unspecified atom stereocenters. The van der Waals surface area contributed by atoms with Crippen LogP contribution in [0.2, 0.25) is 0 Å². The van der Waals surface area contributed by atoms with Crippen molar-refractivity contribution >= 4 is 46.6 Å². The zero-order valence-electron chi connectivity index (χ0n) is 18.9. The lowest BCUT2D eigenvalue weighted by Crippen LogP contribution is -2.32. The molecular weight excluding hydrogens is 430 g/mol. The second-order valence-electron chi connectivity index (χ2n) is 8.55. The van der Waals surface area contributed by atoms with Gasteiger partial charge in [0.05, 0.1) is 0 Å². The first-order valence-electron chi connectivity index (χ1n) is 10.6. The highest BCUT2D eigenvalue weighted by atomic mass is 32.1. The first-order chi connectivity index (χ1) is 15.7. The average molecular weight is 458 g/mol. The second kappa shape index (κ2) is 10.7. The fraction of sp³-hybridized carbons (Fsp3) is 0.148. The number of thiocarbonyl (C=S) groups is 1. The molecule has 3 aromatic carbocycles. The Morgan fingerprint density at radius 3 is 1.94 bits per heavy atom. The third kappa shape index (κ3) is 7.40. The Kier molecular flexibility index (Phi) is 7.74. The van der Waals surface area contributed by atoms with Crippen LogP contribution in [0.5, 0.6) is 0 Å². The lowest BCUT2D eigenvalue weighted by Gasteiger charge is -2.19. The predicted molar refractivity (Wildman–Crippen MR) is 139 cm³/mol. The van der Waals surface area contributed by atoms with Crippen LogP contribution in [0.15, 0.2) is 84.9 Å². The predicted octanol–water partition coefficient (Wildman–Crippen LogP) is 5.76. The topological polar surface area (TPSA) is 70.2 Å². The summed E-state index contributed by atoms with van der Waals surface area (Å²) < 4.78 is 0. The largest absolute Gasteiger partial charge is 0.332 e. The second-order valence-corrected chi connectivity index (χ2v) is 8.95. The molecule has 0 aliphatic carbocycles. The van der Waals surface area contributed by atoms with Crippen LogP contribution in [-0.2, 0) is 10.2 Å². The smallest absolute Gasteiger partial charge is 0.255 e. The van der Waals surface area contributed by atoms with Crippen molar-refractivity contribution in [3.05, 3.63) is 102 Å². The molecule has 0 spiro atoms. The van der Waals surface area contributed by atoms with Crippen LogP contribution < -0.4 is 16.0 Å². The number of benzene rings is 3. The van der Waals surface area contributed by atoms with Gasteiger partial charge in [0.1, 0.15) is 0 Å². The van der Waals surface area contributed by atoms with Gasteiger partial charge in [-0.2, -0.15) is 0 Å². The van der Waals surface area contributed by atoms with E-state index in [9.17, 15) is 9.59 Å². The zero-order valence-corrected chi connectivity index (χ0v) is 19.7. The van der Waals surface area contributed by atoms with Crippen molar-refractivity contribution in [2.24, 2.45) is 0 Å². The lowest BCUT2D eigenvalue weighted by atomic mass is 9.87. The molecular formula is C27H27N3O2S. The number of amides is 2. The van der Waals surface area contributed by atoms with Gasteiger partial charge in [0.25, 0.3) is 5.91 Å². The molecule has 0 bridgehead atoms. The van der Waals surface area contributed by atoms with E-state index in [1.165, 1.54) is 11.6 Å². The van der Waals surface area contributed by atoms with Crippen molar-refractivity contribution in [3.63, 3.8) is 0 Å². The Balaban J connectivity index is 1.51. The Morgan fingerprint density at radius 2 is 1.36 bits per heavy atom. The molecule has 3 aromatic rings. The molecule has 0 fully saturated rings. The van der Waals surface area contributed by atoms with Gasteiger partial charge in [0.2, 0.25) is 5.91 Å². The quantitative estimate of drug-likeness (QED) is 0.336. The van der Waals surface area contributed by atoms with E-state index >= 15 is 0 Å². The number of carbonyl (C=O) groups excluding carboxylic acids is 2. The first kappa shape index (κ1) is 23.9. The van der Waals surface area contributed by atoms with Crippen LogP contribution in [0.25, 0.3) is 6.08 Å². The van der Waals surface area contributed by atoms with E-state index in [4.69, 9.17) is 12.2 Å². The molecule has 0 aliphatic heterocycles. The molecule has 168 valence electrons. The SMILES string of the molecule is CC(C)(C)c1ccc(C(=O)Nc2ccc(NC(=S)NC(=O)/C=C/c3ccccc3)cc2)cc1. The van der Waals surface area contributed by atoms with Gasteiger partial charge in [0, 0.05) is 23.0 Å². The van der Waals surface area contributed by atoms with E-state index in [0.29, 0.717) is 16.9 Å². The number of nitrogens with one attached hydrogen (secondary N) is 3.